The van der Waals surface area contributed by atoms with E-state index in [1.165, 1.54) is 23.4 Å². The van der Waals surface area contributed by atoms with E-state index >= 15 is 0 Å². The van der Waals surface area contributed by atoms with Crippen LogP contribution in [0.25, 0.3) is 22.4 Å². The monoisotopic (exact) mass is 440 g/mol. The molecular formula is C18H16ClF3N6O2. The van der Waals surface area contributed by atoms with Crippen LogP contribution >= 0.6 is 11.6 Å². The van der Waals surface area contributed by atoms with Crippen molar-refractivity contribution in [2.45, 2.75) is 24.7 Å². The smallest absolute Gasteiger partial charge is 0.391 e. The highest BCUT2D eigenvalue weighted by molar-refractivity contribution is 6.31. The second kappa shape index (κ2) is 7.73. The fourth-order valence-electron chi connectivity index (χ4n) is 3.42. The Balaban J connectivity index is 1.63. The van der Waals surface area contributed by atoms with Gasteiger partial charge in [-0.05, 0) is 12.1 Å². The Morgan fingerprint density at radius 1 is 1.40 bits per heavy atom. The van der Waals surface area contributed by atoms with Crippen molar-refractivity contribution in [2.24, 2.45) is 0 Å². The summed E-state index contributed by atoms with van der Waals surface area (Å²) >= 11 is 6.02. The third kappa shape index (κ3) is 4.17. The number of hydrogen-bond acceptors (Lipinski definition) is 6. The Labute approximate surface area is 173 Å². The molecule has 1 aliphatic heterocycles. The average Bonchev–Trinajstić information content (AvgIpc) is 3.29. The lowest BCUT2D eigenvalue weighted by Gasteiger charge is -2.25. The molecule has 4 rings (SSSR count). The molecule has 0 unspecified atom stereocenters. The lowest BCUT2D eigenvalue weighted by atomic mass is 10.2. The van der Waals surface area contributed by atoms with Crippen molar-refractivity contribution in [3.05, 3.63) is 35.7 Å². The number of rotatable bonds is 4. The molecule has 1 saturated heterocycles. The second-order valence-corrected chi connectivity index (χ2v) is 7.32. The minimum absolute atomic E-state index is 0.00433. The highest BCUT2D eigenvalue weighted by Crippen LogP contribution is 2.30. The predicted molar refractivity (Wildman–Crippen MR) is 103 cm³/mol. The number of H-pyrrole nitrogens is 1. The fourth-order valence-corrected chi connectivity index (χ4v) is 3.58. The van der Waals surface area contributed by atoms with E-state index in [9.17, 15) is 23.1 Å². The van der Waals surface area contributed by atoms with Crippen LogP contribution in [-0.4, -0.2) is 62.4 Å². The molecule has 3 N–H and O–H groups in total. The van der Waals surface area contributed by atoms with Crippen LogP contribution in [-0.2, 0) is 4.79 Å². The number of nitrogens with one attached hydrogen (secondary N) is 2. The SMILES string of the molecule is O=C(NCC(F)(F)F)[C@H]1C[C@H](O)CN1c1ccnc(-c2c[nH]c3ncc(Cl)cc23)n1. The number of halogens is 4. The molecule has 0 bridgehead atoms. The first-order valence-electron chi connectivity index (χ1n) is 8.96. The number of fused-ring (bicyclic) bond motifs is 1. The Hall–Kier alpha value is -2.92. The molecule has 0 saturated carbocycles. The quantitative estimate of drug-likeness (QED) is 0.574. The maximum atomic E-state index is 12.4. The van der Waals surface area contributed by atoms with Crippen LogP contribution in [0.15, 0.2) is 30.7 Å². The summed E-state index contributed by atoms with van der Waals surface area (Å²) in [5.74, 6) is -0.196. The average molecular weight is 441 g/mol. The van der Waals surface area contributed by atoms with E-state index in [4.69, 9.17) is 11.6 Å². The number of aromatic amines is 1. The van der Waals surface area contributed by atoms with Crippen molar-refractivity contribution in [1.29, 1.82) is 0 Å². The molecule has 3 aromatic rings. The van der Waals surface area contributed by atoms with E-state index in [0.29, 0.717) is 33.3 Å². The summed E-state index contributed by atoms with van der Waals surface area (Å²) in [7, 11) is 0. The van der Waals surface area contributed by atoms with Crippen LogP contribution in [0, 0.1) is 0 Å². The zero-order chi connectivity index (χ0) is 21.5. The van der Waals surface area contributed by atoms with E-state index < -0.39 is 30.8 Å². The first-order chi connectivity index (χ1) is 14.2. The summed E-state index contributed by atoms with van der Waals surface area (Å²) in [6, 6.07) is 2.26. The number of aromatic nitrogens is 4. The summed E-state index contributed by atoms with van der Waals surface area (Å²) in [6.45, 7) is -1.38. The highest BCUT2D eigenvalue weighted by atomic mass is 35.5. The molecule has 1 fully saturated rings. The van der Waals surface area contributed by atoms with Gasteiger partial charge in [0.05, 0.1) is 11.1 Å². The van der Waals surface area contributed by atoms with Gasteiger partial charge in [-0.1, -0.05) is 11.6 Å². The zero-order valence-electron chi connectivity index (χ0n) is 15.3. The Morgan fingerprint density at radius 3 is 2.97 bits per heavy atom. The maximum absolute atomic E-state index is 12.4. The van der Waals surface area contributed by atoms with Gasteiger partial charge in [0.25, 0.3) is 0 Å². The van der Waals surface area contributed by atoms with Gasteiger partial charge < -0.3 is 20.3 Å². The molecule has 12 heteroatoms. The van der Waals surface area contributed by atoms with Crippen LogP contribution in [0.3, 0.4) is 0 Å². The van der Waals surface area contributed by atoms with Crippen LogP contribution in [0.4, 0.5) is 19.0 Å². The van der Waals surface area contributed by atoms with Gasteiger partial charge in [-0.3, -0.25) is 4.79 Å². The second-order valence-electron chi connectivity index (χ2n) is 6.88. The largest absolute Gasteiger partial charge is 0.405 e. The van der Waals surface area contributed by atoms with Gasteiger partial charge in [0.1, 0.15) is 24.1 Å². The number of nitrogens with zero attached hydrogens (tertiary/aromatic N) is 4. The third-order valence-corrected chi connectivity index (χ3v) is 4.93. The molecule has 3 aromatic heterocycles. The van der Waals surface area contributed by atoms with Crippen molar-refractivity contribution in [3.8, 4) is 11.4 Å². The molecule has 0 spiro atoms. The predicted octanol–water partition coefficient (Wildman–Crippen LogP) is 2.29. The summed E-state index contributed by atoms with van der Waals surface area (Å²) in [5.41, 5.74) is 1.21. The first kappa shape index (κ1) is 20.4. The summed E-state index contributed by atoms with van der Waals surface area (Å²) in [6.07, 6.45) is -0.762. The van der Waals surface area contributed by atoms with Gasteiger partial charge in [-0.2, -0.15) is 13.2 Å². The Kier molecular flexibility index (Phi) is 5.24. The standard InChI is InChI=1S/C18H16ClF3N6O2/c19-9-3-11-12(6-25-15(11)24-5-9)16-23-2-1-14(27-16)28-7-10(29)4-13(28)17(30)26-8-18(20,21)22/h1-3,5-6,10,13,29H,4,7-8H2,(H,24,25)(H,26,30)/t10-,13+/m0/s1. The molecule has 4 heterocycles. The van der Waals surface area contributed by atoms with Crippen molar-refractivity contribution < 1.29 is 23.1 Å². The normalized spacial score (nSPS) is 19.4. The number of carbonyl (C=O) groups excluding carboxylic acids is 1. The Morgan fingerprint density at radius 2 is 2.20 bits per heavy atom. The fraction of sp³-hybridized carbons (Fsp3) is 0.333. The number of aliphatic hydroxyl groups is 1. The van der Waals surface area contributed by atoms with Gasteiger partial charge in [0, 0.05) is 42.5 Å². The number of aliphatic hydroxyl groups excluding tert-OH is 1. The number of amides is 1. The summed E-state index contributed by atoms with van der Waals surface area (Å²) < 4.78 is 37.3. The molecule has 158 valence electrons. The minimum Gasteiger partial charge on any atom is -0.391 e. The lowest BCUT2D eigenvalue weighted by molar-refractivity contribution is -0.139. The van der Waals surface area contributed by atoms with E-state index in [1.54, 1.807) is 12.3 Å². The molecule has 0 radical (unpaired) electrons. The number of hydrogen-bond donors (Lipinski definition) is 3. The molecule has 30 heavy (non-hydrogen) atoms. The first-order valence-corrected chi connectivity index (χ1v) is 9.34. The van der Waals surface area contributed by atoms with Gasteiger partial charge in [-0.15, -0.1) is 0 Å². The topological polar surface area (TPSA) is 107 Å². The molecule has 0 aromatic carbocycles. The number of β-amino-alcohol motifs (C(OH)–C–C–N with tert-alkyl or cyclic N) is 1. The van der Waals surface area contributed by atoms with Gasteiger partial charge >= 0.3 is 6.18 Å². The number of carbonyl (C=O) groups is 1. The van der Waals surface area contributed by atoms with Crippen molar-refractivity contribution >= 4 is 34.4 Å². The summed E-state index contributed by atoms with van der Waals surface area (Å²) in [4.78, 5) is 29.7. The molecule has 1 aliphatic rings. The number of anilines is 1. The van der Waals surface area contributed by atoms with E-state index in [0.717, 1.165) is 0 Å². The molecule has 2 atom stereocenters. The summed E-state index contributed by atoms with van der Waals surface area (Å²) in [5, 5.41) is 13.0. The van der Waals surface area contributed by atoms with Crippen LogP contribution in [0.1, 0.15) is 6.42 Å². The molecule has 1 amide bonds. The van der Waals surface area contributed by atoms with E-state index in [2.05, 4.69) is 19.9 Å². The number of pyridine rings is 1. The van der Waals surface area contributed by atoms with Crippen molar-refractivity contribution in [2.75, 3.05) is 18.0 Å². The maximum Gasteiger partial charge on any atom is 0.405 e. The van der Waals surface area contributed by atoms with Crippen molar-refractivity contribution in [1.82, 2.24) is 25.3 Å². The van der Waals surface area contributed by atoms with E-state index in [-0.39, 0.29) is 13.0 Å². The van der Waals surface area contributed by atoms with Crippen LogP contribution in [0.2, 0.25) is 5.02 Å². The molecule has 8 nitrogen and oxygen atoms in total. The molecular weight excluding hydrogens is 425 g/mol. The van der Waals surface area contributed by atoms with Gasteiger partial charge in [0.15, 0.2) is 5.82 Å². The Bertz CT molecular complexity index is 1090. The van der Waals surface area contributed by atoms with Crippen molar-refractivity contribution in [3.63, 3.8) is 0 Å². The number of alkyl halides is 3. The van der Waals surface area contributed by atoms with Crippen LogP contribution in [0.5, 0.6) is 0 Å². The van der Waals surface area contributed by atoms with Gasteiger partial charge in [0.2, 0.25) is 5.91 Å². The zero-order valence-corrected chi connectivity index (χ0v) is 16.1. The van der Waals surface area contributed by atoms with Crippen LogP contribution < -0.4 is 10.2 Å². The lowest BCUT2D eigenvalue weighted by Crippen LogP contribution is -2.46. The highest BCUT2D eigenvalue weighted by Gasteiger charge is 2.38. The van der Waals surface area contributed by atoms with E-state index in [1.807, 2.05) is 5.32 Å². The minimum atomic E-state index is -4.52. The molecule has 0 aliphatic carbocycles. The third-order valence-electron chi connectivity index (χ3n) is 4.72. The van der Waals surface area contributed by atoms with Gasteiger partial charge in [-0.25, -0.2) is 15.0 Å².